The first-order chi connectivity index (χ1) is 16.9. The fraction of sp³-hybridized carbons (Fsp3) is 0.462. The highest BCUT2D eigenvalue weighted by Crippen LogP contribution is 2.31. The topological polar surface area (TPSA) is 73.8 Å². The molecule has 1 aromatic heterocycles. The van der Waals surface area contributed by atoms with Gasteiger partial charge >= 0.3 is 0 Å². The normalized spacial score (nSPS) is 19.9. The summed E-state index contributed by atoms with van der Waals surface area (Å²) in [6, 6.07) is 12.8. The smallest absolute Gasteiger partial charge is 0.253 e. The van der Waals surface area contributed by atoms with Crippen molar-refractivity contribution in [2.45, 2.75) is 50.5 Å². The number of hydrogen-bond acceptors (Lipinski definition) is 6. The number of thiazole rings is 1. The van der Waals surface area contributed by atoms with Crippen molar-refractivity contribution in [3.05, 3.63) is 53.6 Å². The lowest BCUT2D eigenvalue weighted by Crippen LogP contribution is -2.48. The van der Waals surface area contributed by atoms with Gasteiger partial charge in [-0.15, -0.1) is 0 Å². The van der Waals surface area contributed by atoms with Crippen LogP contribution in [-0.4, -0.2) is 67.3 Å². The Morgan fingerprint density at radius 3 is 2.46 bits per heavy atom. The number of aromatic nitrogens is 1. The highest BCUT2D eigenvalue weighted by molar-refractivity contribution is 7.89. The van der Waals surface area contributed by atoms with Crippen molar-refractivity contribution in [3.8, 4) is 0 Å². The molecule has 2 aromatic carbocycles. The number of anilines is 1. The minimum atomic E-state index is -3.55. The third kappa shape index (κ3) is 4.69. The van der Waals surface area contributed by atoms with Crippen molar-refractivity contribution in [3.63, 3.8) is 0 Å². The van der Waals surface area contributed by atoms with Crippen molar-refractivity contribution in [2.75, 3.05) is 37.6 Å². The molecule has 7 nitrogen and oxygen atoms in total. The van der Waals surface area contributed by atoms with E-state index in [1.807, 2.05) is 11.8 Å². The molecule has 1 unspecified atom stereocenters. The second-order valence-electron chi connectivity index (χ2n) is 9.40. The van der Waals surface area contributed by atoms with Crippen molar-refractivity contribution in [1.29, 1.82) is 0 Å². The molecule has 0 saturated carbocycles. The summed E-state index contributed by atoms with van der Waals surface area (Å²) in [6.45, 7) is 7.36. The Balaban J connectivity index is 1.24. The Morgan fingerprint density at radius 1 is 1.03 bits per heavy atom. The third-order valence-electron chi connectivity index (χ3n) is 7.20. The molecule has 3 heterocycles. The Hall–Kier alpha value is -2.49. The van der Waals surface area contributed by atoms with Gasteiger partial charge < -0.3 is 9.80 Å². The number of piperazine rings is 1. The molecule has 5 rings (SSSR count). The number of fused-ring (bicyclic) bond motifs is 1. The summed E-state index contributed by atoms with van der Waals surface area (Å²) >= 11 is 1.69. The van der Waals surface area contributed by atoms with Gasteiger partial charge in [0, 0.05) is 44.3 Å². The van der Waals surface area contributed by atoms with Gasteiger partial charge in [0.25, 0.3) is 5.91 Å². The standard InChI is InChI=1S/C26H32N4O3S2/c1-3-21-8-4-5-14-30(21)35(32,33)22-12-10-20(11-13-22)25(31)28-15-17-29(18-16-28)26-27-24-19(2)7-6-9-23(24)34-26/h6-7,9-13,21H,3-5,8,14-18H2,1-2H3. The largest absolute Gasteiger partial charge is 0.345 e. The number of carbonyl (C=O) groups excluding carboxylic acids is 1. The van der Waals surface area contributed by atoms with Gasteiger partial charge in [0.15, 0.2) is 5.13 Å². The van der Waals surface area contributed by atoms with E-state index in [0.29, 0.717) is 25.2 Å². The number of nitrogens with zero attached hydrogens (tertiary/aromatic N) is 4. The van der Waals surface area contributed by atoms with E-state index in [9.17, 15) is 13.2 Å². The van der Waals surface area contributed by atoms with Crippen molar-refractivity contribution in [1.82, 2.24) is 14.2 Å². The molecule has 35 heavy (non-hydrogen) atoms. The monoisotopic (exact) mass is 512 g/mol. The molecule has 0 aliphatic carbocycles. The molecule has 2 fully saturated rings. The van der Waals surface area contributed by atoms with E-state index in [-0.39, 0.29) is 16.8 Å². The van der Waals surface area contributed by atoms with Gasteiger partial charge in [-0.05, 0) is 62.1 Å². The van der Waals surface area contributed by atoms with Crippen LogP contribution in [0.5, 0.6) is 0 Å². The van der Waals surface area contributed by atoms with Crippen LogP contribution in [0.25, 0.3) is 10.2 Å². The highest BCUT2D eigenvalue weighted by atomic mass is 32.2. The van der Waals surface area contributed by atoms with Crippen LogP contribution in [0.4, 0.5) is 5.13 Å². The number of rotatable bonds is 5. The maximum absolute atomic E-state index is 13.2. The molecule has 2 saturated heterocycles. The lowest BCUT2D eigenvalue weighted by atomic mass is 10.0. The Morgan fingerprint density at radius 2 is 1.77 bits per heavy atom. The molecular formula is C26H32N4O3S2. The summed E-state index contributed by atoms with van der Waals surface area (Å²) < 4.78 is 29.3. The molecule has 0 N–H and O–H groups in total. The van der Waals surface area contributed by atoms with Gasteiger partial charge in [-0.25, -0.2) is 13.4 Å². The van der Waals surface area contributed by atoms with Crippen LogP contribution in [0.2, 0.25) is 0 Å². The quantitative estimate of drug-likeness (QED) is 0.503. The van der Waals surface area contributed by atoms with Crippen LogP contribution in [-0.2, 0) is 10.0 Å². The van der Waals surface area contributed by atoms with Gasteiger partial charge in [-0.2, -0.15) is 4.31 Å². The average Bonchev–Trinajstić information content (AvgIpc) is 3.34. The number of benzene rings is 2. The van der Waals surface area contributed by atoms with Gasteiger partial charge in [0.05, 0.1) is 15.1 Å². The molecule has 1 amide bonds. The van der Waals surface area contributed by atoms with Crippen molar-refractivity contribution >= 4 is 42.6 Å². The van der Waals surface area contributed by atoms with E-state index in [4.69, 9.17) is 4.98 Å². The van der Waals surface area contributed by atoms with Crippen LogP contribution in [0.3, 0.4) is 0 Å². The van der Waals surface area contributed by atoms with E-state index in [1.54, 1.807) is 39.9 Å². The van der Waals surface area contributed by atoms with E-state index < -0.39 is 10.0 Å². The first-order valence-electron chi connectivity index (χ1n) is 12.4. The number of piperidine rings is 1. The number of sulfonamides is 1. The molecular weight excluding hydrogens is 480 g/mol. The predicted molar refractivity (Wildman–Crippen MR) is 141 cm³/mol. The summed E-state index contributed by atoms with van der Waals surface area (Å²) in [7, 11) is -3.55. The first-order valence-corrected chi connectivity index (χ1v) is 14.7. The Kier molecular flexibility index (Phi) is 6.83. The maximum Gasteiger partial charge on any atom is 0.253 e. The fourth-order valence-electron chi connectivity index (χ4n) is 5.10. The van der Waals surface area contributed by atoms with Crippen LogP contribution < -0.4 is 4.90 Å². The minimum Gasteiger partial charge on any atom is -0.345 e. The predicted octanol–water partition coefficient (Wildman–Crippen LogP) is 4.52. The summed E-state index contributed by atoms with van der Waals surface area (Å²) in [5, 5.41) is 0.999. The average molecular weight is 513 g/mol. The van der Waals surface area contributed by atoms with E-state index in [1.165, 1.54) is 10.3 Å². The van der Waals surface area contributed by atoms with Gasteiger partial charge in [0.1, 0.15) is 0 Å². The molecule has 0 spiro atoms. The lowest BCUT2D eigenvalue weighted by Gasteiger charge is -2.35. The molecule has 186 valence electrons. The molecule has 3 aromatic rings. The fourth-order valence-corrected chi connectivity index (χ4v) is 7.96. The zero-order chi connectivity index (χ0) is 24.6. The molecule has 2 aliphatic rings. The summed E-state index contributed by atoms with van der Waals surface area (Å²) in [5.41, 5.74) is 2.75. The summed E-state index contributed by atoms with van der Waals surface area (Å²) in [5.74, 6) is -0.0573. The van der Waals surface area contributed by atoms with Crippen LogP contribution >= 0.6 is 11.3 Å². The SMILES string of the molecule is CCC1CCCCN1S(=O)(=O)c1ccc(C(=O)N2CCN(c3nc4c(C)cccc4s3)CC2)cc1. The first kappa shape index (κ1) is 24.2. The minimum absolute atomic E-state index is 0.0573. The van der Waals surface area contributed by atoms with E-state index in [0.717, 1.165) is 49.4 Å². The molecule has 2 aliphatic heterocycles. The molecule has 9 heteroatoms. The van der Waals surface area contributed by atoms with Gasteiger partial charge in [-0.3, -0.25) is 4.79 Å². The van der Waals surface area contributed by atoms with Crippen LogP contribution in [0.15, 0.2) is 47.4 Å². The second-order valence-corrected chi connectivity index (χ2v) is 12.3. The molecule has 0 bridgehead atoms. The number of para-hydroxylation sites is 1. The summed E-state index contributed by atoms with van der Waals surface area (Å²) in [4.78, 5) is 22.3. The number of hydrogen-bond donors (Lipinski definition) is 0. The highest BCUT2D eigenvalue weighted by Gasteiger charge is 2.32. The second kappa shape index (κ2) is 9.87. The van der Waals surface area contributed by atoms with Crippen molar-refractivity contribution < 1.29 is 13.2 Å². The van der Waals surface area contributed by atoms with Gasteiger partial charge in [0.2, 0.25) is 10.0 Å². The molecule has 0 radical (unpaired) electrons. The Labute approximate surface area is 211 Å². The van der Waals surface area contributed by atoms with Crippen LogP contribution in [0.1, 0.15) is 48.5 Å². The van der Waals surface area contributed by atoms with E-state index in [2.05, 4.69) is 30.0 Å². The van der Waals surface area contributed by atoms with Gasteiger partial charge in [-0.1, -0.05) is 36.8 Å². The van der Waals surface area contributed by atoms with Crippen molar-refractivity contribution in [2.24, 2.45) is 0 Å². The summed E-state index contributed by atoms with van der Waals surface area (Å²) in [6.07, 6.45) is 3.70. The number of carbonyl (C=O) groups is 1. The molecule has 1 atom stereocenters. The number of amides is 1. The zero-order valence-electron chi connectivity index (χ0n) is 20.3. The maximum atomic E-state index is 13.2. The Bertz CT molecular complexity index is 1310. The third-order valence-corrected chi connectivity index (χ3v) is 10.2. The zero-order valence-corrected chi connectivity index (χ0v) is 21.9. The van der Waals surface area contributed by atoms with Crippen LogP contribution in [0, 0.1) is 6.92 Å². The number of aryl methyl sites for hydroxylation is 1. The van der Waals surface area contributed by atoms with E-state index >= 15 is 0 Å². The lowest BCUT2D eigenvalue weighted by molar-refractivity contribution is 0.0746.